The lowest BCUT2D eigenvalue weighted by Gasteiger charge is -2.20. The van der Waals surface area contributed by atoms with Crippen LogP contribution in [0.1, 0.15) is 40.5 Å². The zero-order valence-electron chi connectivity index (χ0n) is 8.64. The maximum atomic E-state index is 11.2. The van der Waals surface area contributed by atoms with E-state index in [2.05, 4.69) is 11.6 Å². The van der Waals surface area contributed by atoms with Gasteiger partial charge in [0.05, 0.1) is 0 Å². The molecule has 3 nitrogen and oxygen atoms in total. The summed E-state index contributed by atoms with van der Waals surface area (Å²) in [5, 5.41) is 0. The Balaban J connectivity index is 2.18. The van der Waals surface area contributed by atoms with Gasteiger partial charge in [0, 0.05) is 4.75 Å². The highest BCUT2D eigenvalue weighted by atomic mass is 32.2. The molecule has 1 N–H and O–H groups in total. The van der Waals surface area contributed by atoms with Gasteiger partial charge >= 0.3 is 6.09 Å². The van der Waals surface area contributed by atoms with E-state index in [9.17, 15) is 4.79 Å². The summed E-state index contributed by atoms with van der Waals surface area (Å²) in [5.41, 5.74) is -0.408. The van der Waals surface area contributed by atoms with Crippen LogP contribution in [0.4, 0.5) is 4.79 Å². The Morgan fingerprint density at radius 1 is 1.46 bits per heavy atom. The molecule has 0 aromatic heterocycles. The van der Waals surface area contributed by atoms with E-state index in [-0.39, 0.29) is 10.8 Å². The van der Waals surface area contributed by atoms with Crippen molar-refractivity contribution < 1.29 is 9.53 Å². The van der Waals surface area contributed by atoms with Gasteiger partial charge in [0.25, 0.3) is 0 Å². The second-order valence-electron chi connectivity index (χ2n) is 4.66. The molecule has 1 amide bonds. The van der Waals surface area contributed by atoms with Gasteiger partial charge in [-0.25, -0.2) is 4.79 Å². The minimum atomic E-state index is -0.408. The van der Waals surface area contributed by atoms with Crippen molar-refractivity contribution in [3.8, 4) is 0 Å². The molecule has 1 saturated carbocycles. The van der Waals surface area contributed by atoms with Crippen LogP contribution in [-0.4, -0.2) is 16.4 Å². The molecule has 1 aliphatic carbocycles. The number of hydrogen-bond acceptors (Lipinski definition) is 3. The number of amides is 1. The number of rotatable bonds is 2. The Bertz CT molecular complexity index is 206. The molecule has 1 rings (SSSR count). The molecular weight excluding hydrogens is 186 g/mol. The lowest BCUT2D eigenvalue weighted by Crippen LogP contribution is -2.30. The first-order valence-electron chi connectivity index (χ1n) is 4.48. The lowest BCUT2D eigenvalue weighted by atomic mass is 10.2. The van der Waals surface area contributed by atoms with Crippen molar-refractivity contribution in [2.45, 2.75) is 50.9 Å². The van der Waals surface area contributed by atoms with Crippen LogP contribution in [0.5, 0.6) is 0 Å². The van der Waals surface area contributed by atoms with E-state index in [0.717, 1.165) is 0 Å². The van der Waals surface area contributed by atoms with Crippen molar-refractivity contribution in [1.29, 1.82) is 0 Å². The second kappa shape index (κ2) is 3.40. The summed E-state index contributed by atoms with van der Waals surface area (Å²) < 4.78 is 8.05. The number of carbonyl (C=O) groups excluding carboxylic acids is 1. The Morgan fingerprint density at radius 3 is 2.38 bits per heavy atom. The van der Waals surface area contributed by atoms with Gasteiger partial charge in [-0.2, -0.15) is 0 Å². The van der Waals surface area contributed by atoms with Gasteiger partial charge in [0.1, 0.15) is 5.60 Å². The predicted octanol–water partition coefficient (Wildman–Crippen LogP) is 2.71. The molecule has 4 heteroatoms. The third kappa shape index (κ3) is 4.41. The first-order chi connectivity index (χ1) is 5.81. The minimum absolute atomic E-state index is 0.261. The molecule has 0 heterocycles. The molecule has 13 heavy (non-hydrogen) atoms. The zero-order chi connectivity index (χ0) is 10.1. The number of carbonyl (C=O) groups is 1. The molecular formula is C9H17NO2S. The van der Waals surface area contributed by atoms with Gasteiger partial charge in [-0.3, -0.25) is 4.72 Å². The number of nitrogens with one attached hydrogen (secondary N) is 1. The highest BCUT2D eigenvalue weighted by molar-refractivity contribution is 7.99. The second-order valence-corrected chi connectivity index (χ2v) is 6.05. The zero-order valence-corrected chi connectivity index (χ0v) is 9.46. The van der Waals surface area contributed by atoms with Gasteiger partial charge < -0.3 is 4.74 Å². The maximum Gasteiger partial charge on any atom is 0.417 e. The van der Waals surface area contributed by atoms with Crippen molar-refractivity contribution in [2.75, 3.05) is 0 Å². The summed E-state index contributed by atoms with van der Waals surface area (Å²) in [6.07, 6.45) is 2.01. The SMILES string of the molecule is CC(C)(C)OC(=O)NSC1(C)CC1. The van der Waals surface area contributed by atoms with Gasteiger partial charge in [-0.05, 0) is 52.5 Å². The molecule has 0 aromatic rings. The van der Waals surface area contributed by atoms with E-state index in [1.54, 1.807) is 0 Å². The van der Waals surface area contributed by atoms with Gasteiger partial charge in [0.2, 0.25) is 0 Å². The molecule has 1 aliphatic rings. The van der Waals surface area contributed by atoms with E-state index in [4.69, 9.17) is 4.74 Å². The van der Waals surface area contributed by atoms with Crippen LogP contribution in [0.25, 0.3) is 0 Å². The van der Waals surface area contributed by atoms with E-state index in [0.29, 0.717) is 0 Å². The topological polar surface area (TPSA) is 38.3 Å². The lowest BCUT2D eigenvalue weighted by molar-refractivity contribution is 0.0574. The molecule has 76 valence electrons. The van der Waals surface area contributed by atoms with E-state index < -0.39 is 5.60 Å². The minimum Gasteiger partial charge on any atom is -0.443 e. The van der Waals surface area contributed by atoms with E-state index >= 15 is 0 Å². The first kappa shape index (κ1) is 10.7. The highest BCUT2D eigenvalue weighted by Gasteiger charge is 2.39. The average Bonchev–Trinajstić information content (AvgIpc) is 2.62. The largest absolute Gasteiger partial charge is 0.443 e. The molecule has 0 saturated heterocycles. The van der Waals surface area contributed by atoms with Crippen LogP contribution in [-0.2, 0) is 4.74 Å². The monoisotopic (exact) mass is 203 g/mol. The fraction of sp³-hybridized carbons (Fsp3) is 0.889. The smallest absolute Gasteiger partial charge is 0.417 e. The van der Waals surface area contributed by atoms with Crippen molar-refractivity contribution >= 4 is 18.0 Å². The van der Waals surface area contributed by atoms with Crippen LogP contribution in [0, 0.1) is 0 Å². The molecule has 0 unspecified atom stereocenters. The summed E-state index contributed by atoms with van der Waals surface area (Å²) >= 11 is 1.47. The van der Waals surface area contributed by atoms with Gasteiger partial charge in [-0.15, -0.1) is 0 Å². The van der Waals surface area contributed by atoms with Crippen LogP contribution in [0.15, 0.2) is 0 Å². The van der Waals surface area contributed by atoms with Crippen LogP contribution < -0.4 is 4.72 Å². The fourth-order valence-electron chi connectivity index (χ4n) is 0.742. The first-order valence-corrected chi connectivity index (χ1v) is 5.29. The van der Waals surface area contributed by atoms with Crippen LogP contribution in [0.3, 0.4) is 0 Å². The summed E-state index contributed by atoms with van der Waals surface area (Å²) in [6, 6.07) is 0. The summed E-state index contributed by atoms with van der Waals surface area (Å²) in [4.78, 5) is 11.2. The fourth-order valence-corrected chi connectivity index (χ4v) is 1.42. The van der Waals surface area contributed by atoms with E-state index in [1.807, 2.05) is 20.8 Å². The Kier molecular flexibility index (Phi) is 2.80. The van der Waals surface area contributed by atoms with Crippen molar-refractivity contribution in [3.63, 3.8) is 0 Å². The summed E-state index contributed by atoms with van der Waals surface area (Å²) in [5.74, 6) is 0. The normalized spacial score (nSPS) is 19.4. The third-order valence-electron chi connectivity index (χ3n) is 1.73. The molecule has 0 atom stereocenters. The Hall–Kier alpha value is -0.380. The average molecular weight is 203 g/mol. The number of hydrogen-bond donors (Lipinski definition) is 1. The van der Waals surface area contributed by atoms with Crippen LogP contribution in [0.2, 0.25) is 0 Å². The van der Waals surface area contributed by atoms with Crippen molar-refractivity contribution in [3.05, 3.63) is 0 Å². The van der Waals surface area contributed by atoms with Gasteiger partial charge in [0.15, 0.2) is 0 Å². The van der Waals surface area contributed by atoms with E-state index in [1.165, 1.54) is 24.8 Å². The quantitative estimate of drug-likeness (QED) is 0.701. The number of ether oxygens (including phenoxy) is 1. The maximum absolute atomic E-state index is 11.2. The van der Waals surface area contributed by atoms with Crippen LogP contribution >= 0.6 is 11.9 Å². The molecule has 0 aromatic carbocycles. The molecule has 0 bridgehead atoms. The summed E-state index contributed by atoms with van der Waals surface area (Å²) in [6.45, 7) is 7.71. The highest BCUT2D eigenvalue weighted by Crippen LogP contribution is 2.46. The van der Waals surface area contributed by atoms with Gasteiger partial charge in [-0.1, -0.05) is 0 Å². The molecule has 0 spiro atoms. The predicted molar refractivity (Wildman–Crippen MR) is 54.6 cm³/mol. The molecule has 0 radical (unpaired) electrons. The Morgan fingerprint density at radius 2 is 2.00 bits per heavy atom. The molecule has 0 aliphatic heterocycles. The van der Waals surface area contributed by atoms with Crippen molar-refractivity contribution in [2.24, 2.45) is 0 Å². The third-order valence-corrected chi connectivity index (χ3v) is 2.90. The van der Waals surface area contributed by atoms with Crippen molar-refractivity contribution in [1.82, 2.24) is 4.72 Å². The molecule has 1 fully saturated rings. The standard InChI is InChI=1S/C9H17NO2S/c1-8(2,3)12-7(11)10-13-9(4)5-6-9/h5-6H2,1-4H3,(H,10,11). The Labute approximate surface area is 83.7 Å². The summed E-state index contributed by atoms with van der Waals surface area (Å²) in [7, 11) is 0.